The van der Waals surface area contributed by atoms with Crippen molar-refractivity contribution < 1.29 is 4.57 Å². The molecule has 1 heteroatoms. The van der Waals surface area contributed by atoms with Gasteiger partial charge in [0.2, 0.25) is 0 Å². The van der Waals surface area contributed by atoms with Gasteiger partial charge in [0.15, 0.2) is 18.9 Å². The van der Waals surface area contributed by atoms with Gasteiger partial charge in [-0.1, -0.05) is 32.6 Å². The zero-order chi connectivity index (χ0) is 11.8. The van der Waals surface area contributed by atoms with Crippen molar-refractivity contribution in [1.82, 2.24) is 0 Å². The molecule has 0 atom stereocenters. The molecule has 0 fully saturated rings. The van der Waals surface area contributed by atoms with E-state index in [1.54, 1.807) is 0 Å². The Bertz CT molecular complexity index is 383. The SMILES string of the molecule is C=C=C(C[n+]1ccccc1)C(=C)CCCC. The molecule has 0 N–H and O–H groups in total. The molecule has 0 amide bonds. The molecular formula is C15H20N+. The van der Waals surface area contributed by atoms with Gasteiger partial charge >= 0.3 is 0 Å². The molecule has 0 aromatic carbocycles. The average molecular weight is 214 g/mol. The van der Waals surface area contributed by atoms with Crippen LogP contribution in [-0.2, 0) is 6.54 Å². The summed E-state index contributed by atoms with van der Waals surface area (Å²) in [4.78, 5) is 0. The molecule has 84 valence electrons. The van der Waals surface area contributed by atoms with Gasteiger partial charge in [-0.25, -0.2) is 4.57 Å². The van der Waals surface area contributed by atoms with E-state index in [9.17, 15) is 0 Å². The van der Waals surface area contributed by atoms with Crippen LogP contribution in [0.15, 0.2) is 60.6 Å². The van der Waals surface area contributed by atoms with Crippen LogP contribution in [0, 0.1) is 0 Å². The third-order valence-electron chi connectivity index (χ3n) is 2.59. The summed E-state index contributed by atoms with van der Waals surface area (Å²) in [7, 11) is 0. The molecule has 1 aromatic rings. The summed E-state index contributed by atoms with van der Waals surface area (Å²) in [5.41, 5.74) is 5.28. The topological polar surface area (TPSA) is 3.88 Å². The number of nitrogens with zero attached hydrogens (tertiary/aromatic N) is 1. The van der Waals surface area contributed by atoms with Crippen molar-refractivity contribution in [2.75, 3.05) is 0 Å². The highest BCUT2D eigenvalue weighted by Crippen LogP contribution is 2.13. The Kier molecular flexibility index (Phi) is 5.31. The second kappa shape index (κ2) is 6.81. The fourth-order valence-corrected chi connectivity index (χ4v) is 1.56. The fraction of sp³-hybridized carbons (Fsp3) is 0.333. The molecule has 0 aliphatic heterocycles. The minimum atomic E-state index is 0.812. The highest BCUT2D eigenvalue weighted by atomic mass is 14.9. The maximum Gasteiger partial charge on any atom is 0.181 e. The number of allylic oxidation sites excluding steroid dienone is 2. The van der Waals surface area contributed by atoms with Gasteiger partial charge < -0.3 is 0 Å². The summed E-state index contributed by atoms with van der Waals surface area (Å²) < 4.78 is 2.12. The summed E-state index contributed by atoms with van der Waals surface area (Å²) >= 11 is 0. The van der Waals surface area contributed by atoms with Crippen molar-refractivity contribution in [1.29, 1.82) is 0 Å². The van der Waals surface area contributed by atoms with E-state index in [0.29, 0.717) is 0 Å². The quantitative estimate of drug-likeness (QED) is 0.388. The summed E-state index contributed by atoms with van der Waals surface area (Å²) in [5, 5.41) is 0. The second-order valence-corrected chi connectivity index (χ2v) is 3.91. The zero-order valence-electron chi connectivity index (χ0n) is 10.1. The van der Waals surface area contributed by atoms with E-state index >= 15 is 0 Å². The van der Waals surface area contributed by atoms with Crippen LogP contribution in [0.25, 0.3) is 0 Å². The average Bonchev–Trinajstić information content (AvgIpc) is 2.34. The molecular weight excluding hydrogens is 194 g/mol. The van der Waals surface area contributed by atoms with Gasteiger partial charge in [0.1, 0.15) is 0 Å². The van der Waals surface area contributed by atoms with Gasteiger partial charge in [-0.05, 0) is 18.4 Å². The van der Waals surface area contributed by atoms with Crippen LogP contribution < -0.4 is 4.57 Å². The van der Waals surface area contributed by atoms with Crippen LogP contribution in [0.4, 0.5) is 0 Å². The lowest BCUT2D eigenvalue weighted by molar-refractivity contribution is -0.688. The number of hydrogen-bond donors (Lipinski definition) is 0. The molecule has 0 aliphatic carbocycles. The first-order chi connectivity index (χ1) is 7.77. The zero-order valence-corrected chi connectivity index (χ0v) is 10.1. The molecule has 1 heterocycles. The van der Waals surface area contributed by atoms with Crippen molar-refractivity contribution >= 4 is 0 Å². The van der Waals surface area contributed by atoms with Crippen LogP contribution in [-0.4, -0.2) is 0 Å². The molecule has 0 radical (unpaired) electrons. The maximum atomic E-state index is 4.11. The summed E-state index contributed by atoms with van der Waals surface area (Å²) in [6.45, 7) is 10.9. The standard InChI is InChI=1S/C15H20N/c1-4-6-10-14(3)15(5-2)13-16-11-8-7-9-12-16/h7-9,11-12H,2-4,6,10,13H2,1H3/q+1. The predicted molar refractivity (Wildman–Crippen MR) is 68.0 cm³/mol. The first-order valence-corrected chi connectivity index (χ1v) is 5.79. The summed E-state index contributed by atoms with van der Waals surface area (Å²) in [6, 6.07) is 6.06. The minimum Gasteiger partial charge on any atom is -0.200 e. The van der Waals surface area contributed by atoms with Gasteiger partial charge in [-0.2, -0.15) is 0 Å². The van der Waals surface area contributed by atoms with Gasteiger partial charge in [0.05, 0.1) is 5.57 Å². The number of hydrogen-bond acceptors (Lipinski definition) is 0. The molecule has 0 saturated heterocycles. The van der Waals surface area contributed by atoms with E-state index < -0.39 is 0 Å². The molecule has 16 heavy (non-hydrogen) atoms. The first kappa shape index (κ1) is 12.5. The van der Waals surface area contributed by atoms with Gasteiger partial charge in [0.25, 0.3) is 0 Å². The summed E-state index contributed by atoms with van der Waals surface area (Å²) in [6.07, 6.45) is 7.52. The van der Waals surface area contributed by atoms with E-state index in [0.717, 1.165) is 24.1 Å². The first-order valence-electron chi connectivity index (χ1n) is 5.79. The van der Waals surface area contributed by atoms with Crippen LogP contribution in [0.2, 0.25) is 0 Å². The lowest BCUT2D eigenvalue weighted by atomic mass is 10.0. The molecule has 1 nitrogen and oxygen atoms in total. The van der Waals surface area contributed by atoms with Gasteiger partial charge in [-0.3, -0.25) is 0 Å². The van der Waals surface area contributed by atoms with Crippen molar-refractivity contribution in [2.24, 2.45) is 0 Å². The second-order valence-electron chi connectivity index (χ2n) is 3.91. The van der Waals surface area contributed by atoms with Crippen molar-refractivity contribution in [3.05, 3.63) is 60.6 Å². The number of rotatable bonds is 6. The molecule has 0 saturated carbocycles. The number of unbranched alkanes of at least 4 members (excludes halogenated alkanes) is 1. The molecule has 1 aromatic heterocycles. The van der Waals surface area contributed by atoms with E-state index in [-0.39, 0.29) is 0 Å². The Morgan fingerprint density at radius 3 is 2.50 bits per heavy atom. The highest BCUT2D eigenvalue weighted by Gasteiger charge is 2.07. The lowest BCUT2D eigenvalue weighted by Gasteiger charge is -2.05. The monoisotopic (exact) mass is 214 g/mol. The molecule has 1 rings (SSSR count). The third-order valence-corrected chi connectivity index (χ3v) is 2.59. The fourth-order valence-electron chi connectivity index (χ4n) is 1.56. The maximum absolute atomic E-state index is 4.11. The van der Waals surface area contributed by atoms with E-state index in [4.69, 9.17) is 0 Å². The van der Waals surface area contributed by atoms with E-state index in [1.807, 2.05) is 30.6 Å². The molecule has 0 unspecified atom stereocenters. The highest BCUT2D eigenvalue weighted by molar-refractivity contribution is 5.25. The number of aromatic nitrogens is 1. The Morgan fingerprint density at radius 1 is 1.25 bits per heavy atom. The van der Waals surface area contributed by atoms with E-state index in [1.165, 1.54) is 12.8 Å². The van der Waals surface area contributed by atoms with Crippen LogP contribution in [0.3, 0.4) is 0 Å². The van der Waals surface area contributed by atoms with Gasteiger partial charge in [0, 0.05) is 12.1 Å². The minimum absolute atomic E-state index is 0.812. The lowest BCUT2D eigenvalue weighted by Crippen LogP contribution is -2.33. The third kappa shape index (κ3) is 3.88. The molecule has 0 spiro atoms. The van der Waals surface area contributed by atoms with Crippen LogP contribution in [0.1, 0.15) is 26.2 Å². The Morgan fingerprint density at radius 2 is 1.94 bits per heavy atom. The van der Waals surface area contributed by atoms with Crippen molar-refractivity contribution in [2.45, 2.75) is 32.7 Å². The Hall–Kier alpha value is -1.59. The number of pyridine rings is 1. The van der Waals surface area contributed by atoms with Crippen LogP contribution >= 0.6 is 0 Å². The van der Waals surface area contributed by atoms with Crippen molar-refractivity contribution in [3.8, 4) is 0 Å². The predicted octanol–water partition coefficient (Wildman–Crippen LogP) is 3.43. The molecule has 0 aliphatic rings. The normalized spacial score (nSPS) is 9.56. The Labute approximate surface area is 98.4 Å². The molecule has 0 bridgehead atoms. The Balaban J connectivity index is 2.64. The largest absolute Gasteiger partial charge is 0.200 e. The van der Waals surface area contributed by atoms with Gasteiger partial charge in [-0.15, -0.1) is 5.73 Å². The van der Waals surface area contributed by atoms with Crippen molar-refractivity contribution in [3.63, 3.8) is 0 Å². The smallest absolute Gasteiger partial charge is 0.181 e. The van der Waals surface area contributed by atoms with E-state index in [2.05, 4.69) is 30.4 Å². The summed E-state index contributed by atoms with van der Waals surface area (Å²) in [5.74, 6) is 0. The van der Waals surface area contributed by atoms with Crippen LogP contribution in [0.5, 0.6) is 0 Å².